The Morgan fingerprint density at radius 2 is 1.62 bits per heavy atom. The van der Waals surface area contributed by atoms with Crippen LogP contribution in [0.1, 0.15) is 39.3 Å². The fraction of sp³-hybridized carbons (Fsp3) is 0.400. The maximum absolute atomic E-state index is 15.8. The highest BCUT2D eigenvalue weighted by atomic mass is 32.2. The molecule has 2 saturated heterocycles. The van der Waals surface area contributed by atoms with Gasteiger partial charge in [0.15, 0.2) is 11.5 Å². The molecule has 4 N–H and O–H groups in total. The number of nitrogens with one attached hydrogen (secondary N) is 3. The molecule has 4 rings (SSSR count). The molecular formula is C30H31FN6O14S. The number of carbonyl (C=O) groups excluding carboxylic acids is 9. The van der Waals surface area contributed by atoms with Crippen molar-refractivity contribution in [3.8, 4) is 11.5 Å². The van der Waals surface area contributed by atoms with E-state index in [1.54, 1.807) is 6.92 Å². The number of β-lactam (4-membered cyclic amide) rings is 1. The molecule has 20 nitrogen and oxygen atoms in total. The number of benzene rings is 1. The third kappa shape index (κ3) is 7.95. The van der Waals surface area contributed by atoms with E-state index in [2.05, 4.69) is 16.0 Å². The Labute approximate surface area is 296 Å². The predicted octanol–water partition coefficient (Wildman–Crippen LogP) is -1.51. The number of nitrogens with zero attached hydrogens (tertiary/aromatic N) is 3. The first-order valence-corrected chi connectivity index (χ1v) is 16.2. The van der Waals surface area contributed by atoms with E-state index in [1.165, 1.54) is 0 Å². The topological polar surface area (TPSA) is 264 Å². The lowest BCUT2D eigenvalue weighted by Crippen LogP contribution is -2.70. The minimum atomic E-state index is -2.22. The van der Waals surface area contributed by atoms with E-state index >= 15 is 4.39 Å². The number of amides is 7. The van der Waals surface area contributed by atoms with Gasteiger partial charge in [-0.25, -0.2) is 14.0 Å². The van der Waals surface area contributed by atoms with E-state index in [0.29, 0.717) is 11.0 Å². The average Bonchev–Trinajstić information content (AvgIpc) is 3.06. The minimum absolute atomic E-state index is 0.0782. The number of fused-ring (bicyclic) bond motifs is 1. The van der Waals surface area contributed by atoms with Gasteiger partial charge >= 0.3 is 41.7 Å². The number of esters is 3. The van der Waals surface area contributed by atoms with Crippen LogP contribution in [0.4, 0.5) is 9.18 Å². The lowest BCUT2D eigenvalue weighted by Gasteiger charge is -2.49. The first-order chi connectivity index (χ1) is 24.5. The number of hydrogen-bond donors (Lipinski definition) is 4. The molecule has 1 aromatic carbocycles. The molecule has 0 aromatic heterocycles. The van der Waals surface area contributed by atoms with Crippen LogP contribution in [0, 0.1) is 5.82 Å². The van der Waals surface area contributed by atoms with Crippen LogP contribution in [0.2, 0.25) is 0 Å². The molecule has 2 unspecified atom stereocenters. The van der Waals surface area contributed by atoms with E-state index in [9.17, 15) is 53.1 Å². The van der Waals surface area contributed by atoms with Gasteiger partial charge in [-0.1, -0.05) is 0 Å². The molecule has 0 spiro atoms. The van der Waals surface area contributed by atoms with Gasteiger partial charge in [0, 0.05) is 63.4 Å². The summed E-state index contributed by atoms with van der Waals surface area (Å²) in [5.41, 5.74) is -1.79. The van der Waals surface area contributed by atoms with E-state index in [0.717, 1.165) is 48.4 Å². The van der Waals surface area contributed by atoms with Crippen LogP contribution < -0.4 is 25.4 Å². The van der Waals surface area contributed by atoms with Gasteiger partial charge in [0.2, 0.25) is 18.5 Å². The van der Waals surface area contributed by atoms with Crippen LogP contribution in [-0.2, 0) is 47.9 Å². The van der Waals surface area contributed by atoms with Gasteiger partial charge in [-0.15, -0.1) is 11.8 Å². The first kappa shape index (κ1) is 38.7. The molecule has 0 bridgehead atoms. The summed E-state index contributed by atoms with van der Waals surface area (Å²) in [6.07, 6.45) is -1.71. The molecular weight excluding hydrogens is 719 g/mol. The number of rotatable bonds is 12. The second-order valence-electron chi connectivity index (χ2n) is 11.1. The lowest BCUT2D eigenvalue weighted by atomic mass is 10.0. The highest BCUT2D eigenvalue weighted by molar-refractivity contribution is 8.00. The Bertz CT molecular complexity index is 1800. The van der Waals surface area contributed by atoms with E-state index in [-0.39, 0.29) is 37.4 Å². The van der Waals surface area contributed by atoms with Crippen molar-refractivity contribution in [1.82, 2.24) is 30.7 Å². The number of ether oxygens (including phenoxy) is 3. The van der Waals surface area contributed by atoms with E-state index in [1.807, 2.05) is 0 Å². The van der Waals surface area contributed by atoms with Crippen LogP contribution in [0.25, 0.3) is 0 Å². The molecule has 278 valence electrons. The Kier molecular flexibility index (Phi) is 11.8. The van der Waals surface area contributed by atoms with Gasteiger partial charge in [-0.05, 0) is 13.0 Å². The predicted molar refractivity (Wildman–Crippen MR) is 169 cm³/mol. The van der Waals surface area contributed by atoms with Crippen LogP contribution >= 0.6 is 11.8 Å². The summed E-state index contributed by atoms with van der Waals surface area (Å²) in [6.45, 7) is 4.15. The number of carbonyl (C=O) groups is 10. The number of aliphatic carboxylic acids is 1. The summed E-state index contributed by atoms with van der Waals surface area (Å²) < 4.78 is 31.0. The fourth-order valence-corrected chi connectivity index (χ4v) is 6.79. The minimum Gasteiger partial charge on any atom is -0.477 e. The maximum atomic E-state index is 15.8. The van der Waals surface area contributed by atoms with Gasteiger partial charge in [0.05, 0.1) is 0 Å². The van der Waals surface area contributed by atoms with Gasteiger partial charge in [0.1, 0.15) is 29.0 Å². The van der Waals surface area contributed by atoms with Crippen molar-refractivity contribution in [2.45, 2.75) is 51.4 Å². The monoisotopic (exact) mass is 750 g/mol. The standard InChI is InChI=1S/C30H31FN6O14S/c1-5-35-6-7-36(27(45)26(35)44)30(48)33-20(15-8-18(49-12(2)39)19(9-17(15)31)50-13(3)40)23(42)34-24(51-14(4)41)16-10-52-28-21(32-11-38)25(43)37(28)22(16)29(46)47/h8-9,11,20-21,24,28H,5-7,10H2,1-4H3,(H,32,38)(H,33,48)(H,34,42)(H,46,47)/t20?,21-,24?,28+/m0/s1. The highest BCUT2D eigenvalue weighted by Gasteiger charge is 2.54. The summed E-state index contributed by atoms with van der Waals surface area (Å²) in [5.74, 6) is -12.0. The van der Waals surface area contributed by atoms with Gasteiger partial charge in [0.25, 0.3) is 5.91 Å². The van der Waals surface area contributed by atoms with Crippen molar-refractivity contribution in [3.05, 3.63) is 34.8 Å². The maximum Gasteiger partial charge on any atom is 0.352 e. The number of piperazine rings is 1. The number of likely N-dealkylation sites (N-methyl/N-ethyl adjacent to an activating group) is 1. The molecule has 3 heterocycles. The number of carboxylic acid groups (broad SMARTS) is 1. The van der Waals surface area contributed by atoms with E-state index < -0.39 is 106 Å². The van der Waals surface area contributed by atoms with Crippen LogP contribution in [0.15, 0.2) is 23.4 Å². The number of imide groups is 1. The SMILES string of the molecule is CCN1CCN(C(=O)NC(C(=O)NC(OC(C)=O)C2=C(C(=O)O)N3C(=O)[C@H](NC=O)[C@H]3SC2)c2cc(OC(C)=O)c(OC(C)=O)cc2F)C(=O)C1=O. The molecule has 1 aromatic rings. The number of hydrogen-bond acceptors (Lipinski definition) is 14. The Hall–Kier alpha value is -6.06. The summed E-state index contributed by atoms with van der Waals surface area (Å²) in [7, 11) is 0. The lowest BCUT2D eigenvalue weighted by molar-refractivity contribution is -0.153. The van der Waals surface area contributed by atoms with Crippen LogP contribution in [-0.4, -0.2) is 123 Å². The zero-order chi connectivity index (χ0) is 38.6. The first-order valence-electron chi connectivity index (χ1n) is 15.2. The third-order valence-corrected chi connectivity index (χ3v) is 8.97. The summed E-state index contributed by atoms with van der Waals surface area (Å²) in [5, 5.41) is 15.8. The Morgan fingerprint density at radius 3 is 2.17 bits per heavy atom. The largest absolute Gasteiger partial charge is 0.477 e. The second-order valence-corrected chi connectivity index (χ2v) is 12.2. The van der Waals surface area contributed by atoms with Crippen molar-refractivity contribution in [2.75, 3.05) is 25.4 Å². The van der Waals surface area contributed by atoms with Gasteiger partial charge in [-0.3, -0.25) is 48.2 Å². The highest BCUT2D eigenvalue weighted by Crippen LogP contribution is 2.41. The summed E-state index contributed by atoms with van der Waals surface area (Å²) in [4.78, 5) is 127. The molecule has 52 heavy (non-hydrogen) atoms. The third-order valence-electron chi connectivity index (χ3n) is 7.67. The molecule has 7 amide bonds. The van der Waals surface area contributed by atoms with Crippen molar-refractivity contribution >= 4 is 71.7 Å². The zero-order valence-electron chi connectivity index (χ0n) is 27.8. The van der Waals surface area contributed by atoms with Crippen molar-refractivity contribution in [2.24, 2.45) is 0 Å². The van der Waals surface area contributed by atoms with Crippen molar-refractivity contribution < 1.29 is 71.7 Å². The molecule has 3 aliphatic heterocycles. The Morgan fingerprint density at radius 1 is 0.981 bits per heavy atom. The molecule has 4 atom stereocenters. The quantitative estimate of drug-likeness (QED) is 0.0473. The number of urea groups is 1. The molecule has 2 fully saturated rings. The summed E-state index contributed by atoms with van der Waals surface area (Å²) >= 11 is 0.950. The molecule has 0 saturated carbocycles. The van der Waals surface area contributed by atoms with Gasteiger partial charge in [-0.2, -0.15) is 0 Å². The Balaban J connectivity index is 1.79. The normalized spacial score (nSPS) is 19.4. The fourth-order valence-electron chi connectivity index (χ4n) is 5.40. The smallest absolute Gasteiger partial charge is 0.352 e. The van der Waals surface area contributed by atoms with Crippen molar-refractivity contribution in [1.29, 1.82) is 0 Å². The second kappa shape index (κ2) is 15.9. The number of carboxylic acids is 1. The van der Waals surface area contributed by atoms with Crippen LogP contribution in [0.5, 0.6) is 11.5 Å². The average molecular weight is 751 g/mol. The van der Waals surface area contributed by atoms with E-state index in [4.69, 9.17) is 14.2 Å². The number of halogens is 1. The number of thioether (sulfide) groups is 1. The zero-order valence-corrected chi connectivity index (χ0v) is 28.6. The molecule has 0 radical (unpaired) electrons. The molecule has 22 heteroatoms. The van der Waals surface area contributed by atoms with Crippen molar-refractivity contribution in [3.63, 3.8) is 0 Å². The molecule has 3 aliphatic rings. The summed E-state index contributed by atoms with van der Waals surface area (Å²) in [6, 6.07) is -3.37. The van der Waals surface area contributed by atoms with Crippen LogP contribution in [0.3, 0.4) is 0 Å². The van der Waals surface area contributed by atoms with Gasteiger partial charge < -0.3 is 40.2 Å². The molecule has 0 aliphatic carbocycles.